The van der Waals surface area contributed by atoms with Crippen molar-refractivity contribution >= 4 is 22.8 Å². The van der Waals surface area contributed by atoms with Gasteiger partial charge in [0.2, 0.25) is 12.7 Å². The summed E-state index contributed by atoms with van der Waals surface area (Å²) in [5, 5.41) is 3.22. The fourth-order valence-corrected chi connectivity index (χ4v) is 3.28. The zero-order chi connectivity index (χ0) is 22.5. The lowest BCUT2D eigenvalue weighted by Gasteiger charge is -2.10. The molecule has 0 atom stereocenters. The van der Waals surface area contributed by atoms with Gasteiger partial charge in [0.15, 0.2) is 17.1 Å². The molecule has 0 aliphatic carbocycles. The molecule has 1 aromatic carbocycles. The second-order valence-corrected chi connectivity index (χ2v) is 6.97. The summed E-state index contributed by atoms with van der Waals surface area (Å²) in [6.45, 7) is 11.1. The summed E-state index contributed by atoms with van der Waals surface area (Å²) in [7, 11) is 3.34. The maximum absolute atomic E-state index is 12.7. The molecule has 3 aromatic rings. The minimum Gasteiger partial charge on any atom is -0.454 e. The smallest absolute Gasteiger partial charge is 0.330 e. The normalized spacial score (nSPS) is 11.9. The van der Waals surface area contributed by atoms with Gasteiger partial charge in [0.1, 0.15) is 5.52 Å². The molecule has 4 rings (SSSR count). The lowest BCUT2D eigenvalue weighted by Crippen LogP contribution is -2.22. The molecule has 0 amide bonds. The molecule has 166 valence electrons. The van der Waals surface area contributed by atoms with Crippen molar-refractivity contribution in [2.24, 2.45) is 7.05 Å². The number of rotatable bonds is 7. The Hall–Kier alpha value is -3.33. The quantitative estimate of drug-likeness (QED) is 0.577. The van der Waals surface area contributed by atoms with Gasteiger partial charge >= 0.3 is 5.69 Å². The zero-order valence-corrected chi connectivity index (χ0v) is 18.7. The summed E-state index contributed by atoms with van der Waals surface area (Å²) < 4.78 is 19.1. The van der Waals surface area contributed by atoms with Crippen LogP contribution in [0.5, 0.6) is 11.5 Å². The first-order chi connectivity index (χ1) is 15.0. The second kappa shape index (κ2) is 9.65. The van der Waals surface area contributed by atoms with Crippen molar-refractivity contribution in [1.82, 2.24) is 19.1 Å². The maximum Gasteiger partial charge on any atom is 0.330 e. The molecule has 31 heavy (non-hydrogen) atoms. The van der Waals surface area contributed by atoms with Crippen LogP contribution in [0.3, 0.4) is 0 Å². The van der Waals surface area contributed by atoms with Crippen LogP contribution in [0.1, 0.15) is 25.8 Å². The summed E-state index contributed by atoms with van der Waals surface area (Å²) in [6.07, 6.45) is 2.27. The van der Waals surface area contributed by atoms with Gasteiger partial charge in [0.25, 0.3) is 0 Å². The molecule has 9 nitrogen and oxygen atoms in total. The van der Waals surface area contributed by atoms with E-state index >= 15 is 0 Å². The first kappa shape index (κ1) is 22.4. The summed E-state index contributed by atoms with van der Waals surface area (Å²) in [5.41, 5.74) is 3.79. The van der Waals surface area contributed by atoms with E-state index in [0.29, 0.717) is 42.4 Å². The predicted molar refractivity (Wildman–Crippen MR) is 120 cm³/mol. The fraction of sp³-hybridized carbons (Fsp3) is 0.409. The van der Waals surface area contributed by atoms with Crippen LogP contribution in [0.4, 0.5) is 11.6 Å². The molecule has 3 heterocycles. The minimum atomic E-state index is -0.143. The summed E-state index contributed by atoms with van der Waals surface area (Å²) in [5.74, 6) is 1.79. The number of nitrogens with one attached hydrogen (secondary N) is 1. The molecular formula is C22H29N5O4. The Bertz CT molecular complexity index is 1150. The molecule has 0 spiro atoms. The molecule has 0 fully saturated rings. The minimum absolute atomic E-state index is 0.143. The summed E-state index contributed by atoms with van der Waals surface area (Å²) >= 11 is 0. The topological polar surface area (TPSA) is 92.4 Å². The Kier molecular flexibility index (Phi) is 6.96. The van der Waals surface area contributed by atoms with E-state index in [1.54, 1.807) is 29.5 Å². The highest BCUT2D eigenvalue weighted by Crippen LogP contribution is 2.37. The van der Waals surface area contributed by atoms with Crippen molar-refractivity contribution in [2.45, 2.75) is 33.7 Å². The number of aromatic nitrogens is 4. The Morgan fingerprint density at radius 3 is 2.71 bits per heavy atom. The van der Waals surface area contributed by atoms with E-state index < -0.39 is 0 Å². The predicted octanol–water partition coefficient (Wildman–Crippen LogP) is 3.53. The summed E-state index contributed by atoms with van der Waals surface area (Å²) in [4.78, 5) is 21.6. The average molecular weight is 428 g/mol. The number of hydrogen-bond acceptors (Lipinski definition) is 7. The number of methoxy groups -OCH3 is 1. The van der Waals surface area contributed by atoms with Gasteiger partial charge in [-0.05, 0) is 25.0 Å². The Balaban J connectivity index is 0.00000132. The zero-order valence-electron chi connectivity index (χ0n) is 18.7. The van der Waals surface area contributed by atoms with Crippen molar-refractivity contribution in [2.75, 3.05) is 25.8 Å². The third-order valence-electron chi connectivity index (χ3n) is 4.89. The molecule has 0 radical (unpaired) electrons. The van der Waals surface area contributed by atoms with Crippen molar-refractivity contribution < 1.29 is 14.2 Å². The molecule has 1 aliphatic heterocycles. The molecule has 0 bridgehead atoms. The molecule has 0 unspecified atom stereocenters. The number of imidazole rings is 1. The van der Waals surface area contributed by atoms with Crippen LogP contribution < -0.4 is 20.5 Å². The molecule has 1 N–H and O–H groups in total. The van der Waals surface area contributed by atoms with Crippen molar-refractivity contribution in [1.29, 1.82) is 0 Å². The number of anilines is 2. The van der Waals surface area contributed by atoms with Crippen molar-refractivity contribution in [3.8, 4) is 11.5 Å². The van der Waals surface area contributed by atoms with Crippen LogP contribution in [0, 0.1) is 6.92 Å². The van der Waals surface area contributed by atoms with Gasteiger partial charge in [-0.3, -0.25) is 9.13 Å². The van der Waals surface area contributed by atoms with Gasteiger partial charge in [-0.1, -0.05) is 26.0 Å². The van der Waals surface area contributed by atoms with Crippen molar-refractivity contribution in [3.05, 3.63) is 46.5 Å². The van der Waals surface area contributed by atoms with E-state index in [2.05, 4.69) is 21.9 Å². The number of nitrogens with zero attached hydrogens (tertiary/aromatic N) is 4. The molecule has 0 saturated carbocycles. The standard InChI is InChI=1S/C20H23N5O4.C2H6/c1-12(10-27-4)5-6-25-18-15(24(3)20(25)26)9-21-19(23-18)22-14-8-17-16(7-13(14)2)28-11-29-17;1-2/h7-9H,1,5-6,10-11H2,2-4H3,(H,21,22,23);1-2H3. The monoisotopic (exact) mass is 427 g/mol. The van der Waals surface area contributed by atoms with Crippen LogP contribution in [-0.4, -0.2) is 39.6 Å². The number of ether oxygens (including phenoxy) is 3. The number of hydrogen-bond donors (Lipinski definition) is 1. The lowest BCUT2D eigenvalue weighted by atomic mass is 10.2. The van der Waals surface area contributed by atoms with E-state index in [9.17, 15) is 4.79 Å². The number of fused-ring (bicyclic) bond motifs is 2. The largest absolute Gasteiger partial charge is 0.454 e. The van der Waals surface area contributed by atoms with Crippen LogP contribution in [0.2, 0.25) is 0 Å². The van der Waals surface area contributed by atoms with Gasteiger partial charge in [0, 0.05) is 32.5 Å². The van der Waals surface area contributed by atoms with E-state index in [4.69, 9.17) is 14.2 Å². The number of benzene rings is 1. The molecule has 2 aromatic heterocycles. The highest BCUT2D eigenvalue weighted by Gasteiger charge is 2.17. The first-order valence-corrected chi connectivity index (χ1v) is 10.2. The van der Waals surface area contributed by atoms with Gasteiger partial charge in [-0.25, -0.2) is 9.78 Å². The Morgan fingerprint density at radius 1 is 1.29 bits per heavy atom. The van der Waals surface area contributed by atoms with Gasteiger partial charge < -0.3 is 19.5 Å². The highest BCUT2D eigenvalue weighted by molar-refractivity contribution is 5.73. The van der Waals surface area contributed by atoms with E-state index in [-0.39, 0.29) is 12.5 Å². The molecule has 9 heteroatoms. The lowest BCUT2D eigenvalue weighted by molar-refractivity contribution is 0.174. The van der Waals surface area contributed by atoms with Gasteiger partial charge in [0.05, 0.1) is 12.8 Å². The van der Waals surface area contributed by atoms with Crippen molar-refractivity contribution in [3.63, 3.8) is 0 Å². The molecular weight excluding hydrogens is 398 g/mol. The second-order valence-electron chi connectivity index (χ2n) is 6.97. The SMILES string of the molecule is C=C(CCn1c(=O)n(C)c2cnc(Nc3cc4c(cc3C)OCO4)nc21)COC.CC. The molecule has 0 saturated heterocycles. The Morgan fingerprint density at radius 2 is 2.00 bits per heavy atom. The number of aryl methyl sites for hydroxylation is 3. The van der Waals surface area contributed by atoms with E-state index in [1.807, 2.05) is 32.9 Å². The third kappa shape index (κ3) is 4.56. The fourth-order valence-electron chi connectivity index (χ4n) is 3.28. The first-order valence-electron chi connectivity index (χ1n) is 10.2. The van der Waals surface area contributed by atoms with Crippen LogP contribution in [-0.2, 0) is 18.3 Å². The van der Waals surface area contributed by atoms with Gasteiger partial charge in [-0.15, -0.1) is 0 Å². The molecule has 1 aliphatic rings. The van der Waals surface area contributed by atoms with Crippen LogP contribution >= 0.6 is 0 Å². The van der Waals surface area contributed by atoms with E-state index in [0.717, 1.165) is 22.6 Å². The third-order valence-corrected chi connectivity index (χ3v) is 4.89. The summed E-state index contributed by atoms with van der Waals surface area (Å²) in [6, 6.07) is 3.76. The average Bonchev–Trinajstić information content (AvgIpc) is 3.31. The Labute approximate surface area is 181 Å². The van der Waals surface area contributed by atoms with Gasteiger partial charge in [-0.2, -0.15) is 4.98 Å². The van der Waals surface area contributed by atoms with Crippen LogP contribution in [0.25, 0.3) is 11.2 Å². The maximum atomic E-state index is 12.7. The van der Waals surface area contributed by atoms with E-state index in [1.165, 1.54) is 0 Å². The highest BCUT2D eigenvalue weighted by atomic mass is 16.7. The van der Waals surface area contributed by atoms with Crippen LogP contribution in [0.15, 0.2) is 35.3 Å².